The van der Waals surface area contributed by atoms with Crippen molar-refractivity contribution in [1.82, 2.24) is 0 Å². The minimum atomic E-state index is 0.833. The van der Waals surface area contributed by atoms with Gasteiger partial charge >= 0.3 is 0 Å². The van der Waals surface area contributed by atoms with Gasteiger partial charge < -0.3 is 0 Å². The molecular weight excluding hydrogens is 156 g/mol. The smallest absolute Gasteiger partial charge is 0.0473 e. The molecule has 0 heterocycles. The van der Waals surface area contributed by atoms with Crippen LogP contribution >= 0.6 is 0 Å². The highest BCUT2D eigenvalue weighted by atomic mass is 14.0. The predicted molar refractivity (Wildman–Crippen MR) is 66.2 cm³/mol. The Morgan fingerprint density at radius 3 is 1.00 bits per heavy atom. The highest BCUT2D eigenvalue weighted by Gasteiger charge is 1.95. The van der Waals surface area contributed by atoms with Gasteiger partial charge in [-0.05, 0) is 12.8 Å². The monoisotopic (exact) mass is 186 g/mol. The molecule has 13 heavy (non-hydrogen) atoms. The van der Waals surface area contributed by atoms with Crippen molar-refractivity contribution in [1.29, 1.82) is 0 Å². The Bertz CT molecular complexity index is 51.7. The summed E-state index contributed by atoms with van der Waals surface area (Å²) in [6.07, 6.45) is 7.75. The van der Waals surface area contributed by atoms with Crippen LogP contribution in [-0.4, -0.2) is 0 Å². The summed E-state index contributed by atoms with van der Waals surface area (Å²) >= 11 is 0. The Balaban J connectivity index is -0.000000107. The minimum Gasteiger partial charge on any atom is -0.103 e. The molecule has 0 amide bonds. The quantitative estimate of drug-likeness (QED) is 0.442. The number of allylic oxidation sites excluding steroid dienone is 1. The Morgan fingerprint density at radius 1 is 0.923 bits per heavy atom. The molecule has 0 aromatic carbocycles. The van der Waals surface area contributed by atoms with Crippen molar-refractivity contribution in [2.24, 2.45) is 5.92 Å². The summed E-state index contributed by atoms with van der Waals surface area (Å²) in [7, 11) is 0. The highest BCUT2D eigenvalue weighted by molar-refractivity contribution is 4.51. The van der Waals surface area contributed by atoms with E-state index in [1.807, 2.05) is 20.8 Å². The lowest BCUT2D eigenvalue weighted by molar-refractivity contribution is 0.504. The van der Waals surface area contributed by atoms with Crippen LogP contribution in [0.4, 0.5) is 0 Å². The molecular formula is C13H30. The van der Waals surface area contributed by atoms with Crippen molar-refractivity contribution in [3.8, 4) is 0 Å². The highest BCUT2D eigenvalue weighted by Crippen LogP contribution is 2.15. The van der Waals surface area contributed by atoms with Crippen molar-refractivity contribution < 1.29 is 0 Å². The Morgan fingerprint density at radius 2 is 1.00 bits per heavy atom. The Kier molecular flexibility index (Phi) is 32.2. The molecule has 82 valence electrons. The van der Waals surface area contributed by atoms with Crippen LogP contribution < -0.4 is 0 Å². The number of rotatable bonds is 0. The van der Waals surface area contributed by atoms with Gasteiger partial charge in [0, 0.05) is 0 Å². The first kappa shape index (κ1) is 18.5. The van der Waals surface area contributed by atoms with E-state index in [1.165, 1.54) is 25.7 Å². The molecule has 0 atom stereocenters. The second kappa shape index (κ2) is 22.6. The zero-order valence-electron chi connectivity index (χ0n) is 10.7. The van der Waals surface area contributed by atoms with Crippen molar-refractivity contribution in [3.05, 3.63) is 12.7 Å². The second-order valence-electron chi connectivity index (χ2n) is 3.55. The van der Waals surface area contributed by atoms with E-state index in [9.17, 15) is 0 Å². The maximum Gasteiger partial charge on any atom is -0.0473 e. The molecule has 0 spiro atoms. The van der Waals surface area contributed by atoms with Crippen LogP contribution in [0, 0.1) is 5.92 Å². The van der Waals surface area contributed by atoms with Gasteiger partial charge in [0.15, 0.2) is 0 Å². The number of hydrogen-bond acceptors (Lipinski definition) is 0. The van der Waals surface area contributed by atoms with Gasteiger partial charge in [0.25, 0.3) is 0 Å². The van der Waals surface area contributed by atoms with Gasteiger partial charge in [-0.15, -0.1) is 6.58 Å². The minimum absolute atomic E-state index is 0.833. The van der Waals surface area contributed by atoms with Crippen molar-refractivity contribution in [2.45, 2.75) is 67.2 Å². The van der Waals surface area contributed by atoms with Gasteiger partial charge in [0.2, 0.25) is 0 Å². The average molecular weight is 186 g/mol. The van der Waals surface area contributed by atoms with E-state index in [0.29, 0.717) is 0 Å². The van der Waals surface area contributed by atoms with Crippen molar-refractivity contribution in [3.63, 3.8) is 0 Å². The molecule has 0 saturated heterocycles. The van der Waals surface area contributed by atoms with Gasteiger partial charge in [-0.2, -0.15) is 0 Å². The summed E-state index contributed by atoms with van der Waals surface area (Å²) in [6.45, 7) is 15.7. The zero-order chi connectivity index (χ0) is 11.1. The molecule has 0 bridgehead atoms. The molecule has 1 rings (SSSR count). The normalized spacial score (nSPS) is 11.6. The van der Waals surface area contributed by atoms with E-state index < -0.39 is 0 Å². The molecule has 0 aromatic rings. The maximum atomic E-state index is 3.36. The van der Waals surface area contributed by atoms with E-state index in [1.54, 1.807) is 6.08 Å². The molecule has 1 saturated carbocycles. The zero-order valence-corrected chi connectivity index (χ0v) is 10.7. The molecule has 1 fully saturated rings. The lowest BCUT2D eigenvalue weighted by Gasteiger charge is -2.05. The Labute approximate surface area is 86.4 Å². The molecule has 0 radical (unpaired) electrons. The summed E-state index contributed by atoms with van der Waals surface area (Å²) < 4.78 is 0. The maximum absolute atomic E-state index is 3.36. The first-order chi connectivity index (χ1) is 6.15. The molecule has 1 aliphatic rings. The van der Waals surface area contributed by atoms with Crippen molar-refractivity contribution >= 4 is 0 Å². The Hall–Kier alpha value is -0.260. The topological polar surface area (TPSA) is 0 Å². The molecule has 0 aromatic heterocycles. The molecule has 0 nitrogen and oxygen atoms in total. The summed E-state index contributed by atoms with van der Waals surface area (Å²) in [4.78, 5) is 0. The van der Waals surface area contributed by atoms with Crippen molar-refractivity contribution in [2.75, 3.05) is 0 Å². The van der Waals surface area contributed by atoms with Gasteiger partial charge in [-0.3, -0.25) is 0 Å². The fourth-order valence-corrected chi connectivity index (χ4v) is 0.250. The van der Waals surface area contributed by atoms with Crippen LogP contribution in [0.2, 0.25) is 0 Å². The SMILES string of the molecule is C1CCC1.C=CC.CC.CC(C)C. The van der Waals surface area contributed by atoms with E-state index in [4.69, 9.17) is 0 Å². The lowest BCUT2D eigenvalue weighted by Crippen LogP contribution is -1.85. The predicted octanol–water partition coefficient (Wildman–Crippen LogP) is 5.44. The van der Waals surface area contributed by atoms with Crippen LogP contribution in [0.25, 0.3) is 0 Å². The van der Waals surface area contributed by atoms with Crippen LogP contribution in [0.1, 0.15) is 67.2 Å². The van der Waals surface area contributed by atoms with Gasteiger partial charge in [-0.25, -0.2) is 0 Å². The van der Waals surface area contributed by atoms with Crippen LogP contribution in [-0.2, 0) is 0 Å². The summed E-state index contributed by atoms with van der Waals surface area (Å²) in [5.74, 6) is 0.833. The molecule has 0 unspecified atom stereocenters. The molecule has 1 aliphatic carbocycles. The summed E-state index contributed by atoms with van der Waals surface area (Å²) in [5.41, 5.74) is 0. The second-order valence-corrected chi connectivity index (χ2v) is 3.55. The van der Waals surface area contributed by atoms with E-state index in [2.05, 4.69) is 27.4 Å². The van der Waals surface area contributed by atoms with Crippen LogP contribution in [0.15, 0.2) is 12.7 Å². The third-order valence-corrected chi connectivity index (χ3v) is 1.000. The summed E-state index contributed by atoms with van der Waals surface area (Å²) in [6, 6.07) is 0. The lowest BCUT2D eigenvalue weighted by atomic mass is 10.0. The third-order valence-electron chi connectivity index (χ3n) is 1.000. The fraction of sp³-hybridized carbons (Fsp3) is 0.846. The average Bonchev–Trinajstić information content (AvgIpc) is 1.87. The summed E-state index contributed by atoms with van der Waals surface area (Å²) in [5, 5.41) is 0. The van der Waals surface area contributed by atoms with E-state index >= 15 is 0 Å². The third kappa shape index (κ3) is 79.6. The molecule has 0 heteroatoms. The standard InChI is InChI=1S/C4H8.C4H10.C3H6.C2H6/c1-2-4-3-1;1-4(2)3;1-3-2;1-2/h1-4H2;4H,1-3H3;3H,1H2,2H3;1-2H3. The first-order valence-electron chi connectivity index (χ1n) is 5.72. The van der Waals surface area contributed by atoms with Crippen LogP contribution in [0.5, 0.6) is 0 Å². The van der Waals surface area contributed by atoms with Gasteiger partial charge in [0.1, 0.15) is 0 Å². The fourth-order valence-electron chi connectivity index (χ4n) is 0.250. The molecule has 0 aliphatic heterocycles. The van der Waals surface area contributed by atoms with Gasteiger partial charge in [-0.1, -0.05) is 66.4 Å². The van der Waals surface area contributed by atoms with Gasteiger partial charge in [0.05, 0.1) is 0 Å². The van der Waals surface area contributed by atoms with E-state index in [-0.39, 0.29) is 0 Å². The van der Waals surface area contributed by atoms with Crippen LogP contribution in [0.3, 0.4) is 0 Å². The molecule has 0 N–H and O–H groups in total. The van der Waals surface area contributed by atoms with E-state index in [0.717, 1.165) is 5.92 Å². The number of hydrogen-bond donors (Lipinski definition) is 0. The first-order valence-corrected chi connectivity index (χ1v) is 5.72. The largest absolute Gasteiger partial charge is 0.103 e.